The molecule has 1 N–H and O–H groups in total. The minimum absolute atomic E-state index is 0.0103. The van der Waals surface area contributed by atoms with E-state index in [2.05, 4.69) is 12.2 Å². The van der Waals surface area contributed by atoms with Crippen molar-refractivity contribution in [2.75, 3.05) is 26.8 Å². The summed E-state index contributed by atoms with van der Waals surface area (Å²) in [5, 5.41) is 3.04. The molecule has 6 heteroatoms. The molecule has 27 heavy (non-hydrogen) atoms. The average molecular weight is 376 g/mol. The molecule has 1 heterocycles. The third-order valence-electron chi connectivity index (χ3n) is 4.75. The maximum atomic E-state index is 12.9. The number of unbranched alkanes of at least 4 members (excludes halogenated alkanes) is 1. The van der Waals surface area contributed by atoms with Gasteiger partial charge in [0.15, 0.2) is 11.5 Å². The van der Waals surface area contributed by atoms with Crippen molar-refractivity contribution in [1.82, 2.24) is 10.2 Å². The highest BCUT2D eigenvalue weighted by Crippen LogP contribution is 2.29. The SMILES string of the molecule is CCCCOc1ccc(C(=O)N2CCCC(NC(=O)C(C)C)C2)cc1OC. The molecule has 1 atom stereocenters. The average Bonchev–Trinajstić information content (AvgIpc) is 2.67. The predicted molar refractivity (Wildman–Crippen MR) is 105 cm³/mol. The van der Waals surface area contributed by atoms with Crippen LogP contribution in [0.3, 0.4) is 0 Å². The van der Waals surface area contributed by atoms with Crippen LogP contribution in [0.15, 0.2) is 18.2 Å². The van der Waals surface area contributed by atoms with Crippen molar-refractivity contribution in [3.8, 4) is 11.5 Å². The number of methoxy groups -OCH3 is 1. The van der Waals surface area contributed by atoms with Crippen molar-refractivity contribution >= 4 is 11.8 Å². The van der Waals surface area contributed by atoms with E-state index in [-0.39, 0.29) is 23.8 Å². The first-order valence-electron chi connectivity index (χ1n) is 9.86. The molecule has 0 spiro atoms. The zero-order valence-corrected chi connectivity index (χ0v) is 16.9. The van der Waals surface area contributed by atoms with Gasteiger partial charge in [0.1, 0.15) is 0 Å². The zero-order chi connectivity index (χ0) is 19.8. The van der Waals surface area contributed by atoms with Crippen molar-refractivity contribution < 1.29 is 19.1 Å². The number of likely N-dealkylation sites (tertiary alicyclic amines) is 1. The summed E-state index contributed by atoms with van der Waals surface area (Å²) in [5.41, 5.74) is 0.575. The number of carbonyl (C=O) groups excluding carboxylic acids is 2. The Morgan fingerprint density at radius 3 is 2.74 bits per heavy atom. The standard InChI is InChI=1S/C21H32N2O4/c1-5-6-12-27-18-10-9-16(13-19(18)26-4)21(25)23-11-7-8-17(14-23)22-20(24)15(2)3/h9-10,13,15,17H,5-8,11-12,14H2,1-4H3,(H,22,24). The molecule has 1 fully saturated rings. The fraction of sp³-hybridized carbons (Fsp3) is 0.619. The molecule has 0 bridgehead atoms. The Labute approximate surface area is 162 Å². The third-order valence-corrected chi connectivity index (χ3v) is 4.75. The minimum Gasteiger partial charge on any atom is -0.493 e. The van der Waals surface area contributed by atoms with Crippen LogP contribution in [0.2, 0.25) is 0 Å². The van der Waals surface area contributed by atoms with Gasteiger partial charge in [-0.15, -0.1) is 0 Å². The van der Waals surface area contributed by atoms with Gasteiger partial charge in [0.25, 0.3) is 5.91 Å². The van der Waals surface area contributed by atoms with E-state index in [1.54, 1.807) is 30.2 Å². The first kappa shape index (κ1) is 21.1. The van der Waals surface area contributed by atoms with Gasteiger partial charge in [0.05, 0.1) is 13.7 Å². The number of benzene rings is 1. The molecule has 1 aliphatic rings. The molecule has 0 saturated carbocycles. The second-order valence-electron chi connectivity index (χ2n) is 7.32. The van der Waals surface area contributed by atoms with E-state index in [9.17, 15) is 9.59 Å². The lowest BCUT2D eigenvalue weighted by Crippen LogP contribution is -2.50. The molecule has 1 aromatic rings. The Kier molecular flexibility index (Phi) is 7.95. The number of nitrogens with zero attached hydrogens (tertiary/aromatic N) is 1. The number of carbonyl (C=O) groups is 2. The molecule has 1 unspecified atom stereocenters. The van der Waals surface area contributed by atoms with Gasteiger partial charge >= 0.3 is 0 Å². The monoisotopic (exact) mass is 376 g/mol. The summed E-state index contributed by atoms with van der Waals surface area (Å²) in [6, 6.07) is 5.32. The van der Waals surface area contributed by atoms with Crippen molar-refractivity contribution in [3.63, 3.8) is 0 Å². The van der Waals surface area contributed by atoms with Crippen LogP contribution < -0.4 is 14.8 Å². The van der Waals surface area contributed by atoms with E-state index < -0.39 is 0 Å². The van der Waals surface area contributed by atoms with Crippen molar-refractivity contribution in [3.05, 3.63) is 23.8 Å². The molecular formula is C21H32N2O4. The van der Waals surface area contributed by atoms with Crippen molar-refractivity contribution in [2.45, 2.75) is 52.5 Å². The summed E-state index contributed by atoms with van der Waals surface area (Å²) in [6.07, 6.45) is 3.81. The number of hydrogen-bond donors (Lipinski definition) is 1. The van der Waals surface area contributed by atoms with Gasteiger partial charge in [-0.2, -0.15) is 0 Å². The molecule has 1 saturated heterocycles. The maximum Gasteiger partial charge on any atom is 0.254 e. The number of ether oxygens (including phenoxy) is 2. The molecule has 1 aromatic carbocycles. The van der Waals surface area contributed by atoms with Gasteiger partial charge in [-0.3, -0.25) is 9.59 Å². The van der Waals surface area contributed by atoms with Crippen molar-refractivity contribution in [1.29, 1.82) is 0 Å². The van der Waals surface area contributed by atoms with Crippen molar-refractivity contribution in [2.24, 2.45) is 5.92 Å². The Hall–Kier alpha value is -2.24. The second kappa shape index (κ2) is 10.2. The molecule has 2 rings (SSSR count). The highest BCUT2D eigenvalue weighted by Gasteiger charge is 2.26. The molecule has 1 aliphatic heterocycles. The van der Waals surface area contributed by atoms with Gasteiger partial charge in [0.2, 0.25) is 5.91 Å². The number of amides is 2. The van der Waals surface area contributed by atoms with Crippen LogP contribution in [-0.4, -0.2) is 49.6 Å². The van der Waals surface area contributed by atoms with E-state index >= 15 is 0 Å². The highest BCUT2D eigenvalue weighted by molar-refractivity contribution is 5.95. The topological polar surface area (TPSA) is 67.9 Å². The minimum atomic E-state index is -0.0550. The van der Waals surface area contributed by atoms with Crippen LogP contribution in [0.1, 0.15) is 56.8 Å². The quantitative estimate of drug-likeness (QED) is 0.707. The molecule has 0 aliphatic carbocycles. The van der Waals surface area contributed by atoms with E-state index in [1.165, 1.54) is 0 Å². The van der Waals surface area contributed by atoms with Crippen LogP contribution in [0.5, 0.6) is 11.5 Å². The fourth-order valence-corrected chi connectivity index (χ4v) is 3.08. The first-order chi connectivity index (χ1) is 13.0. The first-order valence-corrected chi connectivity index (χ1v) is 9.86. The van der Waals surface area contributed by atoms with E-state index in [0.29, 0.717) is 36.8 Å². The molecule has 0 aromatic heterocycles. The molecule has 150 valence electrons. The Morgan fingerprint density at radius 1 is 1.30 bits per heavy atom. The van der Waals surface area contributed by atoms with Gasteiger partial charge in [-0.05, 0) is 37.5 Å². The van der Waals surface area contributed by atoms with E-state index in [4.69, 9.17) is 9.47 Å². The Balaban J connectivity index is 2.04. The number of piperidine rings is 1. The largest absolute Gasteiger partial charge is 0.493 e. The maximum absolute atomic E-state index is 12.9. The lowest BCUT2D eigenvalue weighted by Gasteiger charge is -2.33. The second-order valence-corrected chi connectivity index (χ2v) is 7.32. The molecule has 0 radical (unpaired) electrons. The molecular weight excluding hydrogens is 344 g/mol. The summed E-state index contributed by atoms with van der Waals surface area (Å²) < 4.78 is 11.1. The van der Waals surface area contributed by atoms with Crippen LogP contribution in [0, 0.1) is 5.92 Å². The van der Waals surface area contributed by atoms with Gasteiger partial charge in [0, 0.05) is 30.6 Å². The summed E-state index contributed by atoms with van der Waals surface area (Å²) in [7, 11) is 1.58. The number of rotatable bonds is 8. The summed E-state index contributed by atoms with van der Waals surface area (Å²) in [6.45, 7) is 7.72. The Morgan fingerprint density at radius 2 is 2.07 bits per heavy atom. The van der Waals surface area contributed by atoms with Crippen LogP contribution in [0.25, 0.3) is 0 Å². The van der Waals surface area contributed by atoms with Gasteiger partial charge in [-0.1, -0.05) is 27.2 Å². The van der Waals surface area contributed by atoms with E-state index in [1.807, 2.05) is 13.8 Å². The number of nitrogens with one attached hydrogen (secondary N) is 1. The molecule has 2 amide bonds. The van der Waals surface area contributed by atoms with Crippen LogP contribution in [0.4, 0.5) is 0 Å². The van der Waals surface area contributed by atoms with E-state index in [0.717, 1.165) is 25.7 Å². The normalized spacial score (nSPS) is 16.9. The Bertz CT molecular complexity index is 645. The van der Waals surface area contributed by atoms with Gasteiger partial charge < -0.3 is 19.7 Å². The summed E-state index contributed by atoms with van der Waals surface area (Å²) >= 11 is 0. The summed E-state index contributed by atoms with van der Waals surface area (Å²) in [4.78, 5) is 26.7. The summed E-state index contributed by atoms with van der Waals surface area (Å²) in [5.74, 6) is 1.16. The zero-order valence-electron chi connectivity index (χ0n) is 16.9. The lowest BCUT2D eigenvalue weighted by molar-refractivity contribution is -0.125. The highest BCUT2D eigenvalue weighted by atomic mass is 16.5. The number of hydrogen-bond acceptors (Lipinski definition) is 4. The fourth-order valence-electron chi connectivity index (χ4n) is 3.08. The van der Waals surface area contributed by atoms with Crippen LogP contribution in [-0.2, 0) is 4.79 Å². The smallest absolute Gasteiger partial charge is 0.254 e. The van der Waals surface area contributed by atoms with Gasteiger partial charge in [-0.25, -0.2) is 0 Å². The molecule has 6 nitrogen and oxygen atoms in total. The third kappa shape index (κ3) is 5.88. The predicted octanol–water partition coefficient (Wildman–Crippen LogP) is 3.25. The van der Waals surface area contributed by atoms with Crippen LogP contribution >= 0.6 is 0 Å². The lowest BCUT2D eigenvalue weighted by atomic mass is 10.0.